The molecule has 0 aromatic rings. The van der Waals surface area contributed by atoms with Crippen molar-refractivity contribution in [1.29, 1.82) is 0 Å². The molecule has 0 amide bonds. The molecule has 2 fully saturated rings. The second-order valence-corrected chi connectivity index (χ2v) is 7.92. The van der Waals surface area contributed by atoms with Crippen LogP contribution < -0.4 is 5.32 Å². The standard InChI is InChI=1S/C13H26N2O2S/c1-3-13(4-2)7-9-15(11-13)18(16,17)10-8-14-12-5-6-12/h12,14H,3-11H2,1-2H3. The van der Waals surface area contributed by atoms with Crippen LogP contribution in [0.15, 0.2) is 0 Å². The SMILES string of the molecule is CCC1(CC)CCN(S(=O)(=O)CCNC2CC2)C1. The zero-order valence-electron chi connectivity index (χ0n) is 11.6. The van der Waals surface area contributed by atoms with Crippen molar-refractivity contribution in [3.05, 3.63) is 0 Å². The third-order valence-electron chi connectivity index (χ3n) is 4.67. The molecule has 1 saturated carbocycles. The molecule has 0 aromatic heterocycles. The third-order valence-corrected chi connectivity index (χ3v) is 6.49. The number of hydrogen-bond donors (Lipinski definition) is 1. The highest BCUT2D eigenvalue weighted by atomic mass is 32.2. The fraction of sp³-hybridized carbons (Fsp3) is 1.00. The summed E-state index contributed by atoms with van der Waals surface area (Å²) < 4.78 is 26.2. The maximum atomic E-state index is 12.2. The molecule has 0 atom stereocenters. The molecule has 1 aliphatic carbocycles. The first-order valence-corrected chi connectivity index (χ1v) is 8.83. The second kappa shape index (κ2) is 5.47. The van der Waals surface area contributed by atoms with Gasteiger partial charge in [-0.2, -0.15) is 0 Å². The summed E-state index contributed by atoms with van der Waals surface area (Å²) in [6.07, 6.45) is 5.60. The van der Waals surface area contributed by atoms with E-state index >= 15 is 0 Å². The van der Waals surface area contributed by atoms with E-state index in [4.69, 9.17) is 0 Å². The fourth-order valence-electron chi connectivity index (χ4n) is 2.77. The normalized spacial score (nSPS) is 24.6. The summed E-state index contributed by atoms with van der Waals surface area (Å²) in [5.74, 6) is 0.257. The van der Waals surface area contributed by atoms with Gasteiger partial charge < -0.3 is 5.32 Å². The highest BCUT2D eigenvalue weighted by Gasteiger charge is 2.39. The van der Waals surface area contributed by atoms with Crippen LogP contribution in [0.25, 0.3) is 0 Å². The van der Waals surface area contributed by atoms with E-state index in [0.717, 1.165) is 25.8 Å². The number of hydrogen-bond acceptors (Lipinski definition) is 3. The average molecular weight is 274 g/mol. The zero-order chi connectivity index (χ0) is 13.2. The Hall–Kier alpha value is -0.130. The molecule has 18 heavy (non-hydrogen) atoms. The molecule has 1 saturated heterocycles. The third kappa shape index (κ3) is 3.25. The lowest BCUT2D eigenvalue weighted by Gasteiger charge is -2.26. The van der Waals surface area contributed by atoms with Crippen molar-refractivity contribution >= 4 is 10.0 Å². The van der Waals surface area contributed by atoms with E-state index in [1.807, 2.05) is 0 Å². The first kappa shape index (κ1) is 14.3. The number of nitrogens with one attached hydrogen (secondary N) is 1. The van der Waals surface area contributed by atoms with Gasteiger partial charge in [-0.1, -0.05) is 13.8 Å². The number of rotatable bonds is 7. The van der Waals surface area contributed by atoms with Gasteiger partial charge in [0.05, 0.1) is 5.75 Å². The van der Waals surface area contributed by atoms with Crippen molar-refractivity contribution in [3.63, 3.8) is 0 Å². The van der Waals surface area contributed by atoms with Gasteiger partial charge in [0.25, 0.3) is 0 Å². The average Bonchev–Trinajstić information content (AvgIpc) is 3.06. The molecule has 106 valence electrons. The lowest BCUT2D eigenvalue weighted by Crippen LogP contribution is -2.36. The summed E-state index contributed by atoms with van der Waals surface area (Å²) in [5, 5.41) is 3.28. The molecule has 2 aliphatic rings. The van der Waals surface area contributed by atoms with Crippen molar-refractivity contribution in [2.24, 2.45) is 5.41 Å². The van der Waals surface area contributed by atoms with Crippen LogP contribution in [0.1, 0.15) is 46.0 Å². The van der Waals surface area contributed by atoms with Crippen LogP contribution in [0.2, 0.25) is 0 Å². The van der Waals surface area contributed by atoms with Gasteiger partial charge in [-0.15, -0.1) is 0 Å². The van der Waals surface area contributed by atoms with E-state index < -0.39 is 10.0 Å². The Morgan fingerprint density at radius 2 is 1.94 bits per heavy atom. The van der Waals surface area contributed by atoms with Gasteiger partial charge in [-0.3, -0.25) is 0 Å². The predicted molar refractivity (Wildman–Crippen MR) is 74.0 cm³/mol. The molecule has 4 nitrogen and oxygen atoms in total. The highest BCUT2D eigenvalue weighted by molar-refractivity contribution is 7.89. The van der Waals surface area contributed by atoms with E-state index in [2.05, 4.69) is 19.2 Å². The van der Waals surface area contributed by atoms with Crippen LogP contribution in [-0.4, -0.2) is 44.2 Å². The maximum absolute atomic E-state index is 12.2. The van der Waals surface area contributed by atoms with Crippen molar-refractivity contribution < 1.29 is 8.42 Å². The topological polar surface area (TPSA) is 49.4 Å². The first-order chi connectivity index (χ1) is 8.51. The maximum Gasteiger partial charge on any atom is 0.215 e. The van der Waals surface area contributed by atoms with Gasteiger partial charge in [0.2, 0.25) is 10.0 Å². The molecule has 0 spiro atoms. The summed E-state index contributed by atoms with van der Waals surface area (Å²) in [7, 11) is -3.05. The molecule has 5 heteroatoms. The molecule has 2 rings (SSSR count). The monoisotopic (exact) mass is 274 g/mol. The van der Waals surface area contributed by atoms with Crippen LogP contribution >= 0.6 is 0 Å². The van der Waals surface area contributed by atoms with Gasteiger partial charge >= 0.3 is 0 Å². The van der Waals surface area contributed by atoms with E-state index in [-0.39, 0.29) is 11.2 Å². The van der Waals surface area contributed by atoms with Gasteiger partial charge in [-0.25, -0.2) is 12.7 Å². The fourth-order valence-corrected chi connectivity index (χ4v) is 4.24. The first-order valence-electron chi connectivity index (χ1n) is 7.22. The molecule has 0 radical (unpaired) electrons. The minimum atomic E-state index is -3.05. The lowest BCUT2D eigenvalue weighted by atomic mass is 9.82. The number of sulfonamides is 1. The highest BCUT2D eigenvalue weighted by Crippen LogP contribution is 2.38. The Kier molecular flexibility index (Phi) is 4.34. The summed E-state index contributed by atoms with van der Waals surface area (Å²) >= 11 is 0. The molecule has 0 unspecified atom stereocenters. The lowest BCUT2D eigenvalue weighted by molar-refractivity contribution is 0.279. The molecule has 1 N–H and O–H groups in total. The van der Waals surface area contributed by atoms with Crippen LogP contribution in [-0.2, 0) is 10.0 Å². The van der Waals surface area contributed by atoms with Crippen LogP contribution in [0.3, 0.4) is 0 Å². The van der Waals surface area contributed by atoms with Crippen molar-refractivity contribution in [1.82, 2.24) is 9.62 Å². The molecule has 0 aromatic carbocycles. The smallest absolute Gasteiger partial charge is 0.215 e. The minimum absolute atomic E-state index is 0.233. The van der Waals surface area contributed by atoms with Gasteiger partial charge in [0, 0.05) is 25.7 Å². The quantitative estimate of drug-likeness (QED) is 0.767. The van der Waals surface area contributed by atoms with Crippen molar-refractivity contribution in [2.45, 2.75) is 52.0 Å². The van der Waals surface area contributed by atoms with E-state index in [1.165, 1.54) is 12.8 Å². The zero-order valence-corrected chi connectivity index (χ0v) is 12.4. The minimum Gasteiger partial charge on any atom is -0.313 e. The summed E-state index contributed by atoms with van der Waals surface area (Å²) in [6, 6.07) is 0.587. The Morgan fingerprint density at radius 1 is 1.28 bits per heavy atom. The largest absolute Gasteiger partial charge is 0.313 e. The molecular formula is C13H26N2O2S. The van der Waals surface area contributed by atoms with Gasteiger partial charge in [0.1, 0.15) is 0 Å². The molecule has 0 bridgehead atoms. The van der Waals surface area contributed by atoms with Crippen LogP contribution in [0.4, 0.5) is 0 Å². The van der Waals surface area contributed by atoms with Gasteiger partial charge in [-0.05, 0) is 37.5 Å². The summed E-state index contributed by atoms with van der Waals surface area (Å²) in [4.78, 5) is 0. The van der Waals surface area contributed by atoms with Crippen molar-refractivity contribution in [2.75, 3.05) is 25.4 Å². The van der Waals surface area contributed by atoms with Crippen LogP contribution in [0, 0.1) is 5.41 Å². The Morgan fingerprint density at radius 3 is 2.44 bits per heavy atom. The molecule has 1 aliphatic heterocycles. The Bertz CT molecular complexity index is 372. The molecule has 1 heterocycles. The van der Waals surface area contributed by atoms with Crippen molar-refractivity contribution in [3.8, 4) is 0 Å². The van der Waals surface area contributed by atoms with E-state index in [1.54, 1.807) is 4.31 Å². The Balaban J connectivity index is 1.86. The Labute approximate surface area is 111 Å². The number of nitrogens with zero attached hydrogens (tertiary/aromatic N) is 1. The predicted octanol–water partition coefficient (Wildman–Crippen LogP) is 1.58. The summed E-state index contributed by atoms with van der Waals surface area (Å²) in [5.41, 5.74) is 0.233. The van der Waals surface area contributed by atoms with E-state index in [9.17, 15) is 8.42 Å². The van der Waals surface area contributed by atoms with E-state index in [0.29, 0.717) is 19.1 Å². The summed E-state index contributed by atoms with van der Waals surface area (Å²) in [6.45, 7) is 6.40. The molecular weight excluding hydrogens is 248 g/mol. The second-order valence-electron chi connectivity index (χ2n) is 5.84. The van der Waals surface area contributed by atoms with Gasteiger partial charge in [0.15, 0.2) is 0 Å². The van der Waals surface area contributed by atoms with Crippen LogP contribution in [0.5, 0.6) is 0 Å².